The van der Waals surface area contributed by atoms with Crippen LogP contribution in [0.3, 0.4) is 0 Å². The van der Waals surface area contributed by atoms with Crippen molar-refractivity contribution >= 4 is 17.6 Å². The van der Waals surface area contributed by atoms with Gasteiger partial charge in [0, 0.05) is 51.3 Å². The van der Waals surface area contributed by atoms with Crippen LogP contribution in [0.1, 0.15) is 0 Å². The van der Waals surface area contributed by atoms with Crippen molar-refractivity contribution in [1.82, 2.24) is 20.0 Å². The minimum Gasteiger partial charge on any atom is -0.492 e. The molecule has 1 N–H and O–H groups in total. The van der Waals surface area contributed by atoms with Crippen LogP contribution in [0.4, 0.5) is 0 Å². The van der Waals surface area contributed by atoms with Crippen molar-refractivity contribution < 1.29 is 4.74 Å². The minimum absolute atomic E-state index is 0.495. The Labute approximate surface area is 156 Å². The number of ether oxygens (including phenoxy) is 1. The van der Waals surface area contributed by atoms with Gasteiger partial charge in [-0.1, -0.05) is 11.6 Å². The average Bonchev–Trinajstić information content (AvgIpc) is 2.60. The van der Waals surface area contributed by atoms with E-state index in [9.17, 15) is 0 Å². The molecule has 1 aromatic carbocycles. The van der Waals surface area contributed by atoms with E-state index in [1.54, 1.807) is 0 Å². The van der Waals surface area contributed by atoms with Crippen LogP contribution >= 0.6 is 11.6 Å². The van der Waals surface area contributed by atoms with Gasteiger partial charge in [-0.3, -0.25) is 9.89 Å². The number of piperazine rings is 1. The number of nitrogens with zero attached hydrogens (tertiary/aromatic N) is 4. The Bertz CT molecular complexity index is 551. The zero-order chi connectivity index (χ0) is 18.2. The summed E-state index contributed by atoms with van der Waals surface area (Å²) in [6.45, 7) is 5.53. The molecule has 1 fully saturated rings. The first-order valence-corrected chi connectivity index (χ1v) is 9.06. The van der Waals surface area contributed by atoms with Crippen molar-refractivity contribution in [3.05, 3.63) is 29.3 Å². The molecule has 1 aromatic rings. The lowest BCUT2D eigenvalue weighted by Gasteiger charge is -2.38. The highest BCUT2D eigenvalue weighted by Gasteiger charge is 2.22. The van der Waals surface area contributed by atoms with Crippen molar-refractivity contribution in [1.29, 1.82) is 0 Å². The summed E-state index contributed by atoms with van der Waals surface area (Å²) in [4.78, 5) is 11.2. The smallest absolute Gasteiger partial charge is 0.193 e. The lowest BCUT2D eigenvalue weighted by Crippen LogP contribution is -2.55. The van der Waals surface area contributed by atoms with E-state index >= 15 is 0 Å². The van der Waals surface area contributed by atoms with E-state index in [1.807, 2.05) is 38.4 Å². The molecule has 140 valence electrons. The van der Waals surface area contributed by atoms with Gasteiger partial charge in [-0.15, -0.1) is 0 Å². The molecular formula is C18H30ClN5O. The number of guanidine groups is 1. The fourth-order valence-electron chi connectivity index (χ4n) is 2.85. The maximum Gasteiger partial charge on any atom is 0.193 e. The molecule has 1 aliphatic rings. The number of halogens is 1. The Hall–Kier alpha value is -1.50. The molecule has 0 bridgehead atoms. The number of benzene rings is 1. The molecule has 1 atom stereocenters. The second kappa shape index (κ2) is 9.85. The highest BCUT2D eigenvalue weighted by molar-refractivity contribution is 6.30. The van der Waals surface area contributed by atoms with Crippen LogP contribution in [-0.4, -0.2) is 94.2 Å². The predicted octanol–water partition coefficient (Wildman–Crippen LogP) is 1.47. The number of hydrogen-bond acceptors (Lipinski definition) is 4. The van der Waals surface area contributed by atoms with Gasteiger partial charge >= 0.3 is 0 Å². The lowest BCUT2D eigenvalue weighted by molar-refractivity contribution is 0.116. The summed E-state index contributed by atoms with van der Waals surface area (Å²) >= 11 is 5.88. The summed E-state index contributed by atoms with van der Waals surface area (Å²) in [6.07, 6.45) is 0. The third kappa shape index (κ3) is 6.38. The SMILES string of the molecule is CN=C(NCC1CN(C)CCN1C)N(C)CCOc1ccc(Cl)cc1. The van der Waals surface area contributed by atoms with Crippen LogP contribution in [0.2, 0.25) is 5.02 Å². The van der Waals surface area contributed by atoms with Crippen molar-refractivity contribution in [3.8, 4) is 5.75 Å². The molecule has 2 rings (SSSR count). The Morgan fingerprint density at radius 1 is 1.32 bits per heavy atom. The van der Waals surface area contributed by atoms with Crippen molar-refractivity contribution in [2.45, 2.75) is 6.04 Å². The molecule has 7 heteroatoms. The van der Waals surface area contributed by atoms with Gasteiger partial charge in [-0.05, 0) is 38.4 Å². The molecule has 0 saturated carbocycles. The van der Waals surface area contributed by atoms with E-state index in [-0.39, 0.29) is 0 Å². The zero-order valence-electron chi connectivity index (χ0n) is 15.7. The predicted molar refractivity (Wildman–Crippen MR) is 105 cm³/mol. The molecule has 0 aliphatic carbocycles. The van der Waals surface area contributed by atoms with Crippen molar-refractivity contribution in [2.24, 2.45) is 4.99 Å². The van der Waals surface area contributed by atoms with E-state index in [0.717, 1.165) is 44.4 Å². The Balaban J connectivity index is 1.74. The zero-order valence-corrected chi connectivity index (χ0v) is 16.5. The molecule has 25 heavy (non-hydrogen) atoms. The quantitative estimate of drug-likeness (QED) is 0.609. The first-order valence-electron chi connectivity index (χ1n) is 8.68. The monoisotopic (exact) mass is 367 g/mol. The molecule has 0 aromatic heterocycles. The lowest BCUT2D eigenvalue weighted by atomic mass is 10.2. The summed E-state index contributed by atoms with van der Waals surface area (Å²) in [5.41, 5.74) is 0. The molecule has 1 saturated heterocycles. The van der Waals surface area contributed by atoms with Gasteiger partial charge in [0.1, 0.15) is 12.4 Å². The molecule has 0 radical (unpaired) electrons. The van der Waals surface area contributed by atoms with Gasteiger partial charge in [0.05, 0.1) is 6.54 Å². The molecule has 0 amide bonds. The van der Waals surface area contributed by atoms with E-state index in [2.05, 4.69) is 39.1 Å². The third-order valence-electron chi connectivity index (χ3n) is 4.56. The third-order valence-corrected chi connectivity index (χ3v) is 4.81. The number of rotatable bonds is 6. The van der Waals surface area contributed by atoms with Crippen LogP contribution < -0.4 is 10.1 Å². The topological polar surface area (TPSA) is 43.3 Å². The number of aliphatic imine (C=N–C) groups is 1. The maximum atomic E-state index is 5.88. The second-order valence-electron chi connectivity index (χ2n) is 6.55. The normalized spacial score (nSPS) is 19.7. The van der Waals surface area contributed by atoms with Gasteiger partial charge in [0.15, 0.2) is 5.96 Å². The highest BCUT2D eigenvalue weighted by atomic mass is 35.5. The largest absolute Gasteiger partial charge is 0.492 e. The molecule has 1 aliphatic heterocycles. The van der Waals surface area contributed by atoms with Crippen LogP contribution in [0.5, 0.6) is 5.75 Å². The molecule has 0 spiro atoms. The summed E-state index contributed by atoms with van der Waals surface area (Å²) in [6, 6.07) is 7.92. The van der Waals surface area contributed by atoms with E-state index in [4.69, 9.17) is 16.3 Å². The van der Waals surface area contributed by atoms with E-state index in [0.29, 0.717) is 17.7 Å². The second-order valence-corrected chi connectivity index (χ2v) is 6.99. The number of hydrogen-bond donors (Lipinski definition) is 1. The van der Waals surface area contributed by atoms with Crippen LogP contribution in [0, 0.1) is 0 Å². The number of likely N-dealkylation sites (N-methyl/N-ethyl adjacent to an activating group) is 3. The fraction of sp³-hybridized carbons (Fsp3) is 0.611. The van der Waals surface area contributed by atoms with Crippen molar-refractivity contribution in [2.75, 3.05) is 67.5 Å². The van der Waals surface area contributed by atoms with Gasteiger partial charge < -0.3 is 19.9 Å². The summed E-state index contributed by atoms with van der Waals surface area (Å²) in [7, 11) is 8.20. The molecule has 1 unspecified atom stereocenters. The highest BCUT2D eigenvalue weighted by Crippen LogP contribution is 2.15. The van der Waals surface area contributed by atoms with Gasteiger partial charge in [-0.25, -0.2) is 0 Å². The first-order chi connectivity index (χ1) is 12.0. The number of nitrogens with one attached hydrogen (secondary N) is 1. The first kappa shape index (κ1) is 19.8. The average molecular weight is 368 g/mol. The van der Waals surface area contributed by atoms with Crippen LogP contribution in [-0.2, 0) is 0 Å². The fourth-order valence-corrected chi connectivity index (χ4v) is 2.98. The van der Waals surface area contributed by atoms with Crippen molar-refractivity contribution in [3.63, 3.8) is 0 Å². The van der Waals surface area contributed by atoms with Gasteiger partial charge in [0.2, 0.25) is 0 Å². The maximum absolute atomic E-state index is 5.88. The van der Waals surface area contributed by atoms with Gasteiger partial charge in [0.25, 0.3) is 0 Å². The Kier molecular flexibility index (Phi) is 7.81. The molecule has 1 heterocycles. The van der Waals surface area contributed by atoms with Crippen LogP contribution in [0.25, 0.3) is 0 Å². The summed E-state index contributed by atoms with van der Waals surface area (Å²) < 4.78 is 5.75. The Morgan fingerprint density at radius 3 is 2.72 bits per heavy atom. The van der Waals surface area contributed by atoms with Gasteiger partial charge in [-0.2, -0.15) is 0 Å². The van der Waals surface area contributed by atoms with E-state index < -0.39 is 0 Å². The Morgan fingerprint density at radius 2 is 2.04 bits per heavy atom. The van der Waals surface area contributed by atoms with Crippen LogP contribution in [0.15, 0.2) is 29.3 Å². The molecular weight excluding hydrogens is 338 g/mol. The van der Waals surface area contributed by atoms with E-state index in [1.165, 1.54) is 0 Å². The summed E-state index contributed by atoms with van der Waals surface area (Å²) in [5, 5.41) is 4.20. The minimum atomic E-state index is 0.495. The summed E-state index contributed by atoms with van der Waals surface area (Å²) in [5.74, 6) is 1.72. The molecule has 6 nitrogen and oxygen atoms in total. The standard InChI is InChI=1S/C18H30ClN5O/c1-20-18(21-13-16-14-22(2)9-10-23(16)3)24(4)11-12-25-17-7-5-15(19)6-8-17/h5-8,16H,9-14H2,1-4H3,(H,20,21).